The van der Waals surface area contributed by atoms with E-state index in [1.165, 1.54) is 0 Å². The number of hydrogen-bond donors (Lipinski definition) is 3. The van der Waals surface area contributed by atoms with Crippen LogP contribution in [0.15, 0.2) is 54.8 Å². The van der Waals surface area contributed by atoms with Crippen molar-refractivity contribution in [2.75, 3.05) is 17.7 Å². The quantitative estimate of drug-likeness (QED) is 0.278. The van der Waals surface area contributed by atoms with Crippen LogP contribution in [0.4, 0.5) is 17.3 Å². The molecule has 1 aromatic carbocycles. The number of carbonyl (C=O) groups is 2. The largest absolute Gasteiger partial charge is 0.494 e. The van der Waals surface area contributed by atoms with Crippen molar-refractivity contribution < 1.29 is 14.3 Å². The summed E-state index contributed by atoms with van der Waals surface area (Å²) in [7, 11) is 1.62. The van der Waals surface area contributed by atoms with Gasteiger partial charge in [-0.15, -0.1) is 0 Å². The van der Waals surface area contributed by atoms with Crippen LogP contribution < -0.4 is 20.7 Å². The highest BCUT2D eigenvalue weighted by atomic mass is 16.5. The summed E-state index contributed by atoms with van der Waals surface area (Å²) in [5.74, 6) is 1.32. The van der Waals surface area contributed by atoms with Crippen LogP contribution in [0.25, 0.3) is 17.4 Å². The summed E-state index contributed by atoms with van der Waals surface area (Å²) in [6.45, 7) is 0. The fourth-order valence-electron chi connectivity index (χ4n) is 3.99. The Kier molecular flexibility index (Phi) is 4.94. The van der Waals surface area contributed by atoms with Crippen LogP contribution in [-0.2, 0) is 9.59 Å². The van der Waals surface area contributed by atoms with Crippen molar-refractivity contribution in [1.82, 2.24) is 29.5 Å². The van der Waals surface area contributed by atoms with Crippen molar-refractivity contribution in [2.45, 2.75) is 25.3 Å². The number of carbonyl (C=O) groups excluding carboxylic acids is 2. The van der Waals surface area contributed by atoms with Crippen molar-refractivity contribution >= 4 is 40.9 Å². The summed E-state index contributed by atoms with van der Waals surface area (Å²) in [4.78, 5) is 32.5. The van der Waals surface area contributed by atoms with Crippen LogP contribution in [0, 0.1) is 0 Å². The van der Waals surface area contributed by atoms with Gasteiger partial charge in [0.05, 0.1) is 37.4 Å². The van der Waals surface area contributed by atoms with E-state index in [2.05, 4.69) is 26.0 Å². The Morgan fingerprint density at radius 2 is 2.11 bits per heavy atom. The van der Waals surface area contributed by atoms with E-state index in [1.807, 2.05) is 35.0 Å². The Morgan fingerprint density at radius 3 is 2.83 bits per heavy atom. The molecule has 0 bridgehead atoms. The Labute approximate surface area is 199 Å². The first kappa shape index (κ1) is 20.9. The van der Waals surface area contributed by atoms with E-state index in [1.54, 1.807) is 36.4 Å². The van der Waals surface area contributed by atoms with Crippen LogP contribution in [0.1, 0.15) is 24.8 Å². The molecular weight excluding hydrogens is 448 g/mol. The minimum absolute atomic E-state index is 0.0434. The molecule has 1 aliphatic carbocycles. The highest BCUT2D eigenvalue weighted by molar-refractivity contribution is 6.15. The zero-order chi connectivity index (χ0) is 23.9. The summed E-state index contributed by atoms with van der Waals surface area (Å²) in [5, 5.41) is 13.6. The maximum absolute atomic E-state index is 12.1. The summed E-state index contributed by atoms with van der Waals surface area (Å²) in [5.41, 5.74) is 3.25. The number of benzene rings is 1. The fraction of sp³-hybridized carbons (Fsp3) is 0.208. The minimum atomic E-state index is -0.386. The molecule has 176 valence electrons. The minimum Gasteiger partial charge on any atom is -0.494 e. The van der Waals surface area contributed by atoms with E-state index in [0.29, 0.717) is 34.4 Å². The second kappa shape index (κ2) is 8.28. The van der Waals surface area contributed by atoms with Gasteiger partial charge in [-0.25, -0.2) is 9.97 Å². The lowest BCUT2D eigenvalue weighted by molar-refractivity contribution is -0.124. The molecule has 0 atom stereocenters. The van der Waals surface area contributed by atoms with Crippen LogP contribution in [0.5, 0.6) is 5.75 Å². The molecular formula is C24H22N8O3. The van der Waals surface area contributed by atoms with Gasteiger partial charge >= 0.3 is 0 Å². The number of imide groups is 1. The molecule has 0 radical (unpaired) electrons. The summed E-state index contributed by atoms with van der Waals surface area (Å²) < 4.78 is 9.23. The number of aromatic nitrogens is 5. The van der Waals surface area contributed by atoms with E-state index >= 15 is 0 Å². The number of imidazole rings is 1. The fourth-order valence-corrected chi connectivity index (χ4v) is 3.99. The van der Waals surface area contributed by atoms with E-state index in [-0.39, 0.29) is 18.2 Å². The van der Waals surface area contributed by atoms with E-state index < -0.39 is 0 Å². The molecule has 2 aliphatic rings. The van der Waals surface area contributed by atoms with Crippen molar-refractivity contribution in [3.8, 4) is 11.4 Å². The van der Waals surface area contributed by atoms with E-state index in [4.69, 9.17) is 9.72 Å². The van der Waals surface area contributed by atoms with E-state index in [0.717, 1.165) is 30.0 Å². The normalized spacial score (nSPS) is 16.7. The number of amides is 2. The second-order valence-electron chi connectivity index (χ2n) is 8.48. The molecule has 11 heteroatoms. The van der Waals surface area contributed by atoms with Gasteiger partial charge in [0.15, 0.2) is 5.65 Å². The summed E-state index contributed by atoms with van der Waals surface area (Å²) in [6.07, 6.45) is 10.8. The number of nitrogens with one attached hydrogen (secondary N) is 3. The van der Waals surface area contributed by atoms with Crippen LogP contribution in [-0.4, -0.2) is 49.1 Å². The predicted octanol–water partition coefficient (Wildman–Crippen LogP) is 2.67. The number of methoxy groups -OCH3 is 1. The maximum Gasteiger partial charge on any atom is 0.254 e. The monoisotopic (exact) mass is 470 g/mol. The number of hydrogen-bond acceptors (Lipinski definition) is 8. The highest BCUT2D eigenvalue weighted by Crippen LogP contribution is 2.32. The van der Waals surface area contributed by atoms with Crippen molar-refractivity contribution in [3.05, 3.63) is 60.3 Å². The number of ether oxygens (including phenoxy) is 1. The van der Waals surface area contributed by atoms with Gasteiger partial charge in [-0.3, -0.25) is 14.9 Å². The van der Waals surface area contributed by atoms with Crippen molar-refractivity contribution in [3.63, 3.8) is 0 Å². The lowest BCUT2D eigenvalue weighted by atomic mass is 10.1. The first-order valence-electron chi connectivity index (χ1n) is 11.2. The molecule has 1 aliphatic heterocycles. The summed E-state index contributed by atoms with van der Waals surface area (Å²) in [6, 6.07) is 8.07. The second-order valence-corrected chi connectivity index (χ2v) is 8.48. The summed E-state index contributed by atoms with van der Waals surface area (Å²) >= 11 is 0. The maximum atomic E-state index is 12.1. The molecule has 3 N–H and O–H groups in total. The van der Waals surface area contributed by atoms with Crippen LogP contribution >= 0.6 is 0 Å². The van der Waals surface area contributed by atoms with Gasteiger partial charge in [0.2, 0.25) is 5.91 Å². The molecule has 3 aromatic heterocycles. The highest BCUT2D eigenvalue weighted by Gasteiger charge is 2.26. The lowest BCUT2D eigenvalue weighted by Gasteiger charge is -2.15. The molecule has 2 amide bonds. The topological polar surface area (TPSA) is 127 Å². The third-order valence-electron chi connectivity index (χ3n) is 5.90. The zero-order valence-electron chi connectivity index (χ0n) is 18.9. The van der Waals surface area contributed by atoms with Gasteiger partial charge in [0.25, 0.3) is 5.91 Å². The average Bonchev–Trinajstić information content (AvgIpc) is 3.20. The first-order chi connectivity index (χ1) is 17.1. The third-order valence-corrected chi connectivity index (χ3v) is 5.90. The molecule has 1 saturated heterocycles. The number of rotatable bonds is 7. The Balaban J connectivity index is 1.39. The molecule has 6 rings (SSSR count). The molecule has 2 fully saturated rings. The van der Waals surface area contributed by atoms with Crippen LogP contribution in [0.2, 0.25) is 0 Å². The van der Waals surface area contributed by atoms with Crippen molar-refractivity contribution in [2.24, 2.45) is 0 Å². The predicted molar refractivity (Wildman–Crippen MR) is 129 cm³/mol. The Hall–Kier alpha value is -4.67. The van der Waals surface area contributed by atoms with Gasteiger partial charge < -0.3 is 19.9 Å². The number of nitrogens with zero attached hydrogens (tertiary/aromatic N) is 5. The van der Waals surface area contributed by atoms with Crippen molar-refractivity contribution in [1.29, 1.82) is 0 Å². The number of fused-ring (bicyclic) bond motifs is 1. The molecule has 35 heavy (non-hydrogen) atoms. The standard InChI is InChI=1S/C24H22N8O3/c1-35-19-10-17(31-7-6-25-13-31)4-5-18(19)28-20-11-21(27-16-2-3-16)32-23(29-20)15(12-26-32)8-14-9-22(33)30-24(14)34/h4-8,10-13,16,27H,2-3,9H2,1H3,(H,28,29)(H,30,33,34)/b14-8+. The van der Waals surface area contributed by atoms with Gasteiger partial charge in [0.1, 0.15) is 17.4 Å². The van der Waals surface area contributed by atoms with Gasteiger partial charge in [-0.1, -0.05) is 0 Å². The van der Waals surface area contributed by atoms with Crippen LogP contribution in [0.3, 0.4) is 0 Å². The molecule has 1 saturated carbocycles. The van der Waals surface area contributed by atoms with E-state index in [9.17, 15) is 9.59 Å². The number of anilines is 3. The molecule has 0 unspecified atom stereocenters. The average molecular weight is 470 g/mol. The molecule has 11 nitrogen and oxygen atoms in total. The third kappa shape index (κ3) is 4.07. The zero-order valence-corrected chi connectivity index (χ0v) is 18.9. The van der Waals surface area contributed by atoms with Gasteiger partial charge in [-0.05, 0) is 31.1 Å². The lowest BCUT2D eigenvalue weighted by Crippen LogP contribution is -2.19. The first-order valence-corrected chi connectivity index (χ1v) is 11.2. The smallest absolute Gasteiger partial charge is 0.254 e. The SMILES string of the molecule is COc1cc(-n2ccnc2)ccc1Nc1cc(NC2CC2)n2ncc(/C=C3\CC(=O)NC3=O)c2n1. The molecule has 4 heterocycles. The molecule has 0 spiro atoms. The van der Waals surface area contributed by atoms with Gasteiger partial charge in [-0.2, -0.15) is 9.61 Å². The molecule has 4 aromatic rings. The Bertz CT molecular complexity index is 1480. The van der Waals surface area contributed by atoms with Gasteiger partial charge in [0, 0.05) is 41.7 Å². The Morgan fingerprint density at radius 1 is 1.23 bits per heavy atom.